The lowest BCUT2D eigenvalue weighted by Crippen LogP contribution is -2.30. The van der Waals surface area contributed by atoms with Crippen molar-refractivity contribution in [1.29, 1.82) is 0 Å². The van der Waals surface area contributed by atoms with E-state index in [1.807, 2.05) is 0 Å². The molecule has 2 aromatic heterocycles. The van der Waals surface area contributed by atoms with Gasteiger partial charge in [-0.05, 0) is 4.91 Å². The fourth-order valence-corrected chi connectivity index (χ4v) is 1.88. The van der Waals surface area contributed by atoms with Crippen LogP contribution in [-0.2, 0) is 0 Å². The predicted octanol–water partition coefficient (Wildman–Crippen LogP) is -0.926. The zero-order chi connectivity index (χ0) is 16.0. The Morgan fingerprint density at radius 1 is 1.36 bits per heavy atom. The van der Waals surface area contributed by atoms with Crippen LogP contribution in [0.25, 0.3) is 16.9 Å². The molecule has 4 N–H and O–H groups in total. The Bertz CT molecular complexity index is 982. The molecule has 2 heterocycles. The highest BCUT2D eigenvalue weighted by Crippen LogP contribution is 2.27. The summed E-state index contributed by atoms with van der Waals surface area (Å²) in [5.41, 5.74) is 3.68. The molecule has 0 bridgehead atoms. The van der Waals surface area contributed by atoms with Gasteiger partial charge in [-0.3, -0.25) is 20.2 Å². The van der Waals surface area contributed by atoms with Gasteiger partial charge >= 0.3 is 17.3 Å². The summed E-state index contributed by atoms with van der Waals surface area (Å²) in [6.07, 6.45) is 0. The molecule has 0 saturated carbocycles. The zero-order valence-corrected chi connectivity index (χ0v) is 10.4. The van der Waals surface area contributed by atoms with Crippen LogP contribution in [0.3, 0.4) is 0 Å². The maximum atomic E-state index is 12.2. The molecule has 0 unspecified atom stereocenters. The van der Waals surface area contributed by atoms with Crippen molar-refractivity contribution in [1.82, 2.24) is 15.1 Å². The Balaban J connectivity index is 2.41. The number of nitro groups is 2. The molecule has 3 aromatic rings. The van der Waals surface area contributed by atoms with Crippen molar-refractivity contribution in [2.24, 2.45) is 0 Å². The molecule has 0 amide bonds. The minimum Gasteiger partial charge on any atom is -0.361 e. The second-order valence-corrected chi connectivity index (χ2v) is 4.09. The molecule has 112 valence electrons. The molecule has 1 aromatic carbocycles. The summed E-state index contributed by atoms with van der Waals surface area (Å²) in [6.45, 7) is 0. The Labute approximate surface area is 117 Å². The lowest BCUT2D eigenvalue weighted by atomic mass is 10.2. The van der Waals surface area contributed by atoms with Crippen LogP contribution >= 0.6 is 0 Å². The van der Waals surface area contributed by atoms with E-state index in [-0.39, 0.29) is 27.2 Å². The first-order valence-corrected chi connectivity index (χ1v) is 5.53. The second kappa shape index (κ2) is 4.33. The van der Waals surface area contributed by atoms with E-state index >= 15 is 0 Å². The minimum atomic E-state index is -0.850. The normalized spacial score (nSPS) is 10.9. The first-order valence-electron chi connectivity index (χ1n) is 5.53. The molecule has 3 rings (SSSR count). The number of hydrogen-bond acceptors (Lipinski definition) is 8. The van der Waals surface area contributed by atoms with E-state index in [9.17, 15) is 25.1 Å². The number of nitro benzene ring substituents is 2. The number of nitrogens with zero attached hydrogens (tertiary/aromatic N) is 5. The maximum absolute atomic E-state index is 12.2. The molecule has 0 saturated heterocycles. The van der Waals surface area contributed by atoms with Crippen molar-refractivity contribution in [3.8, 4) is 5.82 Å². The van der Waals surface area contributed by atoms with E-state index < -0.39 is 21.2 Å². The number of hydrogen-bond donors (Lipinski definition) is 2. The number of nitrogens with one attached hydrogen (secondary N) is 2. The highest BCUT2D eigenvalue weighted by atomic mass is 16.6. The summed E-state index contributed by atoms with van der Waals surface area (Å²) in [6, 6.07) is 1.63. The van der Waals surface area contributed by atoms with Gasteiger partial charge in [0.05, 0.1) is 22.0 Å². The number of aromatic amines is 2. The van der Waals surface area contributed by atoms with Crippen molar-refractivity contribution >= 4 is 28.2 Å². The number of non-ortho nitro benzene ring substituents is 2. The van der Waals surface area contributed by atoms with E-state index in [2.05, 4.69) is 20.0 Å². The minimum absolute atomic E-state index is 0.122. The van der Waals surface area contributed by atoms with E-state index in [1.54, 1.807) is 0 Å². The molecular formula is C8H6N8O6+2. The van der Waals surface area contributed by atoms with Crippen LogP contribution in [0.5, 0.6) is 0 Å². The maximum Gasteiger partial charge on any atom is 0.410 e. The number of rotatable bonds is 3. The topological polar surface area (TPSA) is 196 Å². The highest BCUT2D eigenvalue weighted by Gasteiger charge is 2.34. The van der Waals surface area contributed by atoms with Gasteiger partial charge in [-0.25, -0.2) is 0 Å². The third kappa shape index (κ3) is 1.74. The molecule has 0 atom stereocenters. The molecule has 0 aliphatic carbocycles. The number of aromatic nitrogens is 5. The van der Waals surface area contributed by atoms with Gasteiger partial charge in [0.2, 0.25) is 0 Å². The summed E-state index contributed by atoms with van der Waals surface area (Å²) < 4.78 is 4.60. The third-order valence-electron chi connectivity index (χ3n) is 2.84. The summed E-state index contributed by atoms with van der Waals surface area (Å²) in [4.78, 5) is 33.1. The van der Waals surface area contributed by atoms with E-state index in [0.717, 1.165) is 16.9 Å². The molecule has 0 aliphatic heterocycles. The highest BCUT2D eigenvalue weighted by molar-refractivity contribution is 5.84. The van der Waals surface area contributed by atoms with Gasteiger partial charge in [0.25, 0.3) is 16.7 Å². The fraction of sp³-hybridized carbons (Fsp3) is 0. The Kier molecular flexibility index (Phi) is 2.59. The number of nitrogen functional groups attached to an aromatic ring is 1. The molecule has 22 heavy (non-hydrogen) atoms. The smallest absolute Gasteiger partial charge is 0.361 e. The van der Waals surface area contributed by atoms with Gasteiger partial charge in [0.15, 0.2) is 0 Å². The average Bonchev–Trinajstić information content (AvgIpc) is 3.01. The Morgan fingerprint density at radius 2 is 2.09 bits per heavy atom. The molecule has 0 spiro atoms. The fourth-order valence-electron chi connectivity index (χ4n) is 1.88. The molecule has 14 heteroatoms. The summed E-state index contributed by atoms with van der Waals surface area (Å²) in [5, 5.41) is 29.8. The van der Waals surface area contributed by atoms with Crippen molar-refractivity contribution in [3.63, 3.8) is 0 Å². The van der Waals surface area contributed by atoms with Gasteiger partial charge in [0, 0.05) is 0 Å². The van der Waals surface area contributed by atoms with E-state index in [1.165, 1.54) is 0 Å². The van der Waals surface area contributed by atoms with Gasteiger partial charge < -0.3 is 5.73 Å². The predicted molar refractivity (Wildman–Crippen MR) is 65.3 cm³/mol. The van der Waals surface area contributed by atoms with Crippen LogP contribution in [0, 0.1) is 25.1 Å². The van der Waals surface area contributed by atoms with Gasteiger partial charge in [-0.15, -0.1) is 9.73 Å². The molecule has 0 fully saturated rings. The first-order chi connectivity index (χ1) is 10.4. The van der Waals surface area contributed by atoms with Crippen molar-refractivity contribution in [2.75, 3.05) is 5.73 Å². The molecular weight excluding hydrogens is 304 g/mol. The lowest BCUT2D eigenvalue weighted by molar-refractivity contribution is -0.644. The average molecular weight is 310 g/mol. The van der Waals surface area contributed by atoms with Gasteiger partial charge in [-0.2, -0.15) is 0 Å². The van der Waals surface area contributed by atoms with E-state index in [0.29, 0.717) is 0 Å². The summed E-state index contributed by atoms with van der Waals surface area (Å²) in [7, 11) is 0. The Hall–Kier alpha value is -3.84. The zero-order valence-electron chi connectivity index (χ0n) is 10.4. The number of H-pyrrole nitrogens is 2. The van der Waals surface area contributed by atoms with Crippen molar-refractivity contribution < 1.29 is 24.2 Å². The largest absolute Gasteiger partial charge is 0.410 e. The first kappa shape index (κ1) is 13.2. The second-order valence-electron chi connectivity index (χ2n) is 4.09. The van der Waals surface area contributed by atoms with Crippen LogP contribution in [0.4, 0.5) is 17.2 Å². The molecule has 0 radical (unpaired) electrons. The monoisotopic (exact) mass is 310 g/mol. The number of benzene rings is 1. The van der Waals surface area contributed by atoms with Crippen LogP contribution in [0.2, 0.25) is 0 Å². The van der Waals surface area contributed by atoms with Gasteiger partial charge in [-0.1, -0.05) is 5.16 Å². The molecule has 0 aliphatic rings. The van der Waals surface area contributed by atoms with Crippen LogP contribution in [0.1, 0.15) is 0 Å². The van der Waals surface area contributed by atoms with Crippen LogP contribution in [0.15, 0.2) is 16.8 Å². The third-order valence-corrected chi connectivity index (χ3v) is 2.84. The van der Waals surface area contributed by atoms with Crippen molar-refractivity contribution in [2.45, 2.75) is 0 Å². The van der Waals surface area contributed by atoms with Gasteiger partial charge in [0.1, 0.15) is 14.5 Å². The van der Waals surface area contributed by atoms with Crippen LogP contribution in [-0.4, -0.2) is 24.9 Å². The summed E-state index contributed by atoms with van der Waals surface area (Å²) >= 11 is 0. The summed E-state index contributed by atoms with van der Waals surface area (Å²) in [5.74, 6) is -0.318. The Morgan fingerprint density at radius 3 is 2.64 bits per heavy atom. The standard InChI is InChI=1S/C8H5N8O6/c9-7-8(12-22-11-7)13-10-6-4(14(13)17)1-3(15(18)19)2-5(6)16(20)21/h1-2,10H,(H2,9,11)/q+1/p+1. The SMILES string of the molecule is Nc1no[nH+]c1-n1[nH]c2c([N+](=O)[O-])cc([N+](=O)[O-])cc2[n+]1=O. The van der Waals surface area contributed by atoms with E-state index in [4.69, 9.17) is 5.73 Å². The number of nitrogens with two attached hydrogens (primary N) is 1. The lowest BCUT2D eigenvalue weighted by Gasteiger charge is -1.90. The van der Waals surface area contributed by atoms with Crippen LogP contribution < -0.4 is 15.4 Å². The molecule has 14 nitrogen and oxygen atoms in total. The van der Waals surface area contributed by atoms with Crippen molar-refractivity contribution in [3.05, 3.63) is 37.3 Å². The number of anilines is 1. The number of fused-ring (bicyclic) bond motifs is 1. The quantitative estimate of drug-likeness (QED) is 0.351.